The molecule has 0 amide bonds. The first-order valence-corrected chi connectivity index (χ1v) is 10.0. The van der Waals surface area contributed by atoms with Gasteiger partial charge < -0.3 is 0 Å². The highest BCUT2D eigenvalue weighted by molar-refractivity contribution is 7.86. The number of halogens is 1. The van der Waals surface area contributed by atoms with Gasteiger partial charge in [-0.25, -0.2) is 0 Å². The van der Waals surface area contributed by atoms with Gasteiger partial charge in [-0.05, 0) is 18.6 Å². The molecule has 0 unspecified atom stereocenters. The van der Waals surface area contributed by atoms with E-state index in [9.17, 15) is 8.42 Å². The molecular formula is C18H31ClO3S. The number of hydrogen-bond donors (Lipinski definition) is 0. The zero-order valence-corrected chi connectivity index (χ0v) is 15.8. The average Bonchev–Trinajstić information content (AvgIpc) is 2.53. The lowest BCUT2D eigenvalue weighted by molar-refractivity contribution is 0.306. The Morgan fingerprint density at radius 2 is 1.26 bits per heavy atom. The van der Waals surface area contributed by atoms with Gasteiger partial charge in [0.15, 0.2) is 0 Å². The zero-order chi connectivity index (χ0) is 16.1. The summed E-state index contributed by atoms with van der Waals surface area (Å²) < 4.78 is 28.8. The summed E-state index contributed by atoms with van der Waals surface area (Å²) >= 11 is 0. The summed E-state index contributed by atoms with van der Waals surface area (Å²) in [5, 5.41) is 0. The molecule has 1 aromatic carbocycles. The summed E-state index contributed by atoms with van der Waals surface area (Å²) in [4.78, 5) is 0.238. The van der Waals surface area contributed by atoms with Crippen LogP contribution in [0.15, 0.2) is 35.2 Å². The summed E-state index contributed by atoms with van der Waals surface area (Å²) in [7, 11) is -3.57. The molecule has 134 valence electrons. The first-order valence-electron chi connectivity index (χ1n) is 8.61. The SMILES string of the molecule is CCCCCCCCCCCCOS(=O)(=O)c1ccccc1.Cl. The molecule has 0 aromatic heterocycles. The van der Waals surface area contributed by atoms with E-state index >= 15 is 0 Å². The van der Waals surface area contributed by atoms with Crippen LogP contribution in [0.4, 0.5) is 0 Å². The van der Waals surface area contributed by atoms with Crippen LogP contribution < -0.4 is 0 Å². The normalized spacial score (nSPS) is 11.2. The summed E-state index contributed by atoms with van der Waals surface area (Å²) in [5.74, 6) is 0. The maximum Gasteiger partial charge on any atom is 0.296 e. The molecule has 0 bridgehead atoms. The monoisotopic (exact) mass is 362 g/mol. The Hall–Kier alpha value is -0.580. The summed E-state index contributed by atoms with van der Waals surface area (Å²) in [6, 6.07) is 8.33. The van der Waals surface area contributed by atoms with Crippen molar-refractivity contribution in [2.45, 2.75) is 76.0 Å². The lowest BCUT2D eigenvalue weighted by atomic mass is 10.1. The van der Waals surface area contributed by atoms with E-state index in [2.05, 4.69) is 6.92 Å². The van der Waals surface area contributed by atoms with Gasteiger partial charge in [-0.15, -0.1) is 12.4 Å². The van der Waals surface area contributed by atoms with Gasteiger partial charge in [-0.3, -0.25) is 4.18 Å². The third-order valence-corrected chi connectivity index (χ3v) is 5.09. The predicted molar refractivity (Wildman–Crippen MR) is 98.7 cm³/mol. The van der Waals surface area contributed by atoms with Crippen LogP contribution in [0, 0.1) is 0 Å². The van der Waals surface area contributed by atoms with Crippen molar-refractivity contribution in [2.75, 3.05) is 6.61 Å². The van der Waals surface area contributed by atoms with E-state index in [1.54, 1.807) is 30.3 Å². The van der Waals surface area contributed by atoms with Crippen molar-refractivity contribution >= 4 is 22.5 Å². The number of hydrogen-bond acceptors (Lipinski definition) is 3. The van der Waals surface area contributed by atoms with Gasteiger partial charge in [-0.1, -0.05) is 82.9 Å². The molecule has 0 atom stereocenters. The Bertz CT molecular complexity index is 474. The van der Waals surface area contributed by atoms with Gasteiger partial charge >= 0.3 is 0 Å². The molecule has 0 aliphatic carbocycles. The largest absolute Gasteiger partial charge is 0.296 e. The summed E-state index contributed by atoms with van der Waals surface area (Å²) in [5.41, 5.74) is 0. The van der Waals surface area contributed by atoms with E-state index in [-0.39, 0.29) is 23.9 Å². The van der Waals surface area contributed by atoms with E-state index < -0.39 is 10.1 Å². The molecule has 0 heterocycles. The average molecular weight is 363 g/mol. The molecule has 0 aliphatic rings. The molecule has 0 aliphatic heterocycles. The molecule has 23 heavy (non-hydrogen) atoms. The highest BCUT2D eigenvalue weighted by Gasteiger charge is 2.13. The van der Waals surface area contributed by atoms with Crippen LogP contribution in [0.1, 0.15) is 71.1 Å². The fourth-order valence-corrected chi connectivity index (χ4v) is 3.38. The fraction of sp³-hybridized carbons (Fsp3) is 0.667. The van der Waals surface area contributed by atoms with E-state index in [4.69, 9.17) is 4.18 Å². The molecular weight excluding hydrogens is 332 g/mol. The number of rotatable bonds is 13. The molecule has 5 heteroatoms. The second kappa shape index (κ2) is 13.8. The van der Waals surface area contributed by atoms with Crippen LogP contribution in [0.3, 0.4) is 0 Å². The Morgan fingerprint density at radius 3 is 1.78 bits per heavy atom. The molecule has 0 saturated carbocycles. The smallest absolute Gasteiger partial charge is 0.266 e. The van der Waals surface area contributed by atoms with Gasteiger partial charge in [0.2, 0.25) is 0 Å². The van der Waals surface area contributed by atoms with Crippen LogP contribution in [0.5, 0.6) is 0 Å². The van der Waals surface area contributed by atoms with Gasteiger partial charge in [0.25, 0.3) is 10.1 Å². The maximum absolute atomic E-state index is 11.9. The molecule has 0 N–H and O–H groups in total. The van der Waals surface area contributed by atoms with Crippen molar-refractivity contribution in [3.05, 3.63) is 30.3 Å². The molecule has 0 saturated heterocycles. The van der Waals surface area contributed by atoms with E-state index in [0.29, 0.717) is 0 Å². The Balaban J connectivity index is 0.00000484. The summed E-state index contributed by atoms with van der Waals surface area (Å²) in [6.07, 6.45) is 12.3. The molecule has 0 fully saturated rings. The highest BCUT2D eigenvalue weighted by atomic mass is 35.5. The predicted octanol–water partition coefficient (Wildman–Crippen LogP) is 5.73. The van der Waals surface area contributed by atoms with Crippen molar-refractivity contribution in [1.82, 2.24) is 0 Å². The molecule has 3 nitrogen and oxygen atoms in total. The van der Waals surface area contributed by atoms with E-state index in [0.717, 1.165) is 12.8 Å². The lowest BCUT2D eigenvalue weighted by Crippen LogP contribution is -2.07. The summed E-state index contributed by atoms with van der Waals surface area (Å²) in [6.45, 7) is 2.52. The van der Waals surface area contributed by atoms with Crippen molar-refractivity contribution in [1.29, 1.82) is 0 Å². The van der Waals surface area contributed by atoms with Crippen LogP contribution in [-0.2, 0) is 14.3 Å². The minimum Gasteiger partial charge on any atom is -0.266 e. The first kappa shape index (κ1) is 22.4. The maximum atomic E-state index is 11.9. The first-order chi connectivity index (χ1) is 10.7. The topological polar surface area (TPSA) is 43.4 Å². The third kappa shape index (κ3) is 10.7. The van der Waals surface area contributed by atoms with Gasteiger partial charge in [0, 0.05) is 0 Å². The van der Waals surface area contributed by atoms with Crippen molar-refractivity contribution < 1.29 is 12.6 Å². The van der Waals surface area contributed by atoms with Gasteiger partial charge in [0.1, 0.15) is 0 Å². The third-order valence-electron chi connectivity index (χ3n) is 3.77. The lowest BCUT2D eigenvalue weighted by Gasteiger charge is -2.05. The number of benzene rings is 1. The van der Waals surface area contributed by atoms with E-state index in [1.165, 1.54) is 51.4 Å². The molecule has 1 aromatic rings. The minimum absolute atomic E-state index is 0. The Morgan fingerprint density at radius 1 is 0.783 bits per heavy atom. The Kier molecular flexibility index (Phi) is 13.5. The zero-order valence-electron chi connectivity index (χ0n) is 14.2. The Labute approximate surface area is 148 Å². The van der Waals surface area contributed by atoms with E-state index in [1.807, 2.05) is 0 Å². The standard InChI is InChI=1S/C18H30O3S.ClH/c1-2-3-4-5-6-7-8-9-10-14-17-21-22(19,20)18-15-12-11-13-16-18;/h11-13,15-16H,2-10,14,17H2,1H3;1H. The quantitative estimate of drug-likeness (QED) is 0.332. The van der Waals surface area contributed by atoms with Crippen LogP contribution in [-0.4, -0.2) is 15.0 Å². The molecule has 0 radical (unpaired) electrons. The van der Waals surface area contributed by atoms with Crippen LogP contribution in [0.25, 0.3) is 0 Å². The van der Waals surface area contributed by atoms with Gasteiger partial charge in [0.05, 0.1) is 11.5 Å². The molecule has 0 spiro atoms. The second-order valence-corrected chi connectivity index (χ2v) is 7.39. The fourth-order valence-electron chi connectivity index (χ4n) is 2.41. The molecule has 1 rings (SSSR count). The minimum atomic E-state index is -3.57. The van der Waals surface area contributed by atoms with Crippen molar-refractivity contribution in [3.8, 4) is 0 Å². The van der Waals surface area contributed by atoms with Crippen LogP contribution >= 0.6 is 12.4 Å². The highest BCUT2D eigenvalue weighted by Crippen LogP contribution is 2.13. The van der Waals surface area contributed by atoms with Crippen molar-refractivity contribution in [2.24, 2.45) is 0 Å². The number of unbranched alkanes of at least 4 members (excludes halogenated alkanes) is 9. The second-order valence-electron chi connectivity index (χ2n) is 5.77. The van der Waals surface area contributed by atoms with Crippen LogP contribution in [0.2, 0.25) is 0 Å². The van der Waals surface area contributed by atoms with Crippen molar-refractivity contribution in [3.63, 3.8) is 0 Å². The van der Waals surface area contributed by atoms with Gasteiger partial charge in [-0.2, -0.15) is 8.42 Å².